The van der Waals surface area contributed by atoms with E-state index < -0.39 is 49.0 Å². The van der Waals surface area contributed by atoms with Crippen LogP contribution in [0.4, 0.5) is 0 Å². The summed E-state index contributed by atoms with van der Waals surface area (Å²) in [5.41, 5.74) is 5.14. The molecule has 4 rings (SSSR count). The van der Waals surface area contributed by atoms with Gasteiger partial charge in [-0.2, -0.15) is 0 Å². The Labute approximate surface area is 318 Å². The number of nitrogens with zero attached hydrogens (tertiary/aromatic N) is 1. The maximum Gasteiger partial charge on any atom is 0.312 e. The van der Waals surface area contributed by atoms with Crippen LogP contribution in [0.5, 0.6) is 0 Å². The molecule has 13 nitrogen and oxygen atoms in total. The van der Waals surface area contributed by atoms with Crippen LogP contribution in [0.15, 0.2) is 54.6 Å². The maximum atomic E-state index is 12.4. The number of ether oxygens (including phenoxy) is 1. The molecule has 1 saturated carbocycles. The number of methoxy groups -OCH3 is 1. The van der Waals surface area contributed by atoms with Gasteiger partial charge in [-0.15, -0.1) is 0 Å². The molecule has 13 heteroatoms. The van der Waals surface area contributed by atoms with Crippen molar-refractivity contribution in [1.82, 2.24) is 4.57 Å². The summed E-state index contributed by atoms with van der Waals surface area (Å²) in [6.07, 6.45) is 12.3. The highest BCUT2D eigenvalue weighted by Gasteiger charge is 2.39. The van der Waals surface area contributed by atoms with Crippen molar-refractivity contribution in [3.05, 3.63) is 71.6 Å². The number of hydrogen-bond acceptors (Lipinski definition) is 11. The van der Waals surface area contributed by atoms with E-state index in [4.69, 9.17) is 26.2 Å². The Balaban J connectivity index is 0.000000321. The normalized spacial score (nSPS) is 20.4. The van der Waals surface area contributed by atoms with Crippen LogP contribution in [0.3, 0.4) is 0 Å². The van der Waals surface area contributed by atoms with Gasteiger partial charge in [0.05, 0.1) is 55.8 Å². The van der Waals surface area contributed by atoms with E-state index in [1.807, 2.05) is 41.8 Å². The van der Waals surface area contributed by atoms with Crippen molar-refractivity contribution in [3.63, 3.8) is 0 Å². The van der Waals surface area contributed by atoms with Gasteiger partial charge in [0.1, 0.15) is 5.78 Å². The number of Topliss-reactive ketones (excluding diaryl/α,β-unsaturated/α-hetero) is 1. The molecule has 1 fully saturated rings. The first kappa shape index (κ1) is 46.4. The Morgan fingerprint density at radius 1 is 0.981 bits per heavy atom. The van der Waals surface area contributed by atoms with Gasteiger partial charge in [-0.05, 0) is 51.2 Å². The molecule has 1 aromatic carbocycles. The number of carbonyl (C=O) groups is 4. The molecule has 1 aliphatic heterocycles. The number of aliphatic carboxylic acids is 1. The molecule has 0 spiro atoms. The first-order chi connectivity index (χ1) is 25.7. The molecule has 2 aromatic rings. The second-order valence-corrected chi connectivity index (χ2v) is 14.7. The first-order valence-electron chi connectivity index (χ1n) is 19.0. The number of hydrogen-bond donors (Lipinski definition) is 7. The Morgan fingerprint density at radius 3 is 2.20 bits per heavy atom. The second-order valence-electron chi connectivity index (χ2n) is 14.7. The average molecular weight is 759 g/mol. The van der Waals surface area contributed by atoms with Crippen LogP contribution in [-0.4, -0.2) is 103 Å². The van der Waals surface area contributed by atoms with E-state index in [1.165, 1.54) is 7.11 Å². The monoisotopic (exact) mass is 758 g/mol. The summed E-state index contributed by atoms with van der Waals surface area (Å²) in [6, 6.07) is 12.5. The van der Waals surface area contributed by atoms with Gasteiger partial charge in [0.2, 0.25) is 5.78 Å². The average Bonchev–Trinajstić information content (AvgIpc) is 3.86. The van der Waals surface area contributed by atoms with Gasteiger partial charge in [0.15, 0.2) is 0 Å². The lowest BCUT2D eigenvalue weighted by molar-refractivity contribution is -0.141. The molecule has 0 amide bonds. The van der Waals surface area contributed by atoms with Crippen LogP contribution < -0.4 is 5.73 Å². The molecular weight excluding hydrogens is 696 g/mol. The summed E-state index contributed by atoms with van der Waals surface area (Å²) >= 11 is 0. The highest BCUT2D eigenvalue weighted by Crippen LogP contribution is 2.35. The number of benzene rings is 1. The number of aliphatic hydroxyl groups excluding tert-OH is 4. The highest BCUT2D eigenvalue weighted by molar-refractivity contribution is 6.08. The van der Waals surface area contributed by atoms with E-state index in [9.17, 15) is 29.4 Å². The van der Waals surface area contributed by atoms with Gasteiger partial charge in [-0.3, -0.25) is 19.2 Å². The van der Waals surface area contributed by atoms with Gasteiger partial charge in [-0.25, -0.2) is 0 Å². The number of rotatable bonds is 19. The number of carboxylic acids is 1. The van der Waals surface area contributed by atoms with E-state index in [0.29, 0.717) is 37.1 Å². The number of ketones is 2. The highest BCUT2D eigenvalue weighted by atomic mass is 16.5. The number of esters is 1. The fraction of sp³-hybridized carbons (Fsp3) is 0.610. The third-order valence-corrected chi connectivity index (χ3v) is 10.1. The topological polar surface area (TPSA) is 230 Å². The molecule has 8 N–H and O–H groups in total. The number of nitrogens with two attached hydrogens (primary N) is 1. The largest absolute Gasteiger partial charge is 0.481 e. The number of unbranched alkanes of at least 4 members (excludes halogenated alkanes) is 4. The zero-order valence-electron chi connectivity index (χ0n) is 32.1. The van der Waals surface area contributed by atoms with Crippen molar-refractivity contribution in [1.29, 1.82) is 0 Å². The summed E-state index contributed by atoms with van der Waals surface area (Å²) < 4.78 is 6.45. The van der Waals surface area contributed by atoms with Crippen LogP contribution in [-0.2, 0) is 25.7 Å². The number of carbonyl (C=O) groups excluding carboxylic acids is 3. The molecule has 2 aliphatic rings. The minimum absolute atomic E-state index is 0.0575. The van der Waals surface area contributed by atoms with Crippen molar-refractivity contribution in [3.8, 4) is 0 Å². The van der Waals surface area contributed by atoms with Crippen molar-refractivity contribution in [2.24, 2.45) is 17.6 Å². The standard InChI is InChI=1S/C22H38O5.C15H13NO3.C4H11NO3/c1-4-5-14-22(2,26)15-10-12-18-17(19(23)16-20(18)24)11-8-6-7-9-13-21(25)27-3;17-14(10-4-2-1-3-5-10)13-7-6-12-11(15(18)19)8-9-16(12)13;5-4(1-6,2-7)3-8/h10,12,17-18,20,24,26H,4-9,11,13-16H2,1-3H3;1-7,11H,8-9H2,(H,18,19);6-8H,1-3,5H2/b12-10+;;/t17-,18-,20-,22?;;/m1../s1. The number of aliphatic hydroxyl groups is 5. The summed E-state index contributed by atoms with van der Waals surface area (Å²) in [7, 11) is 1.40. The third kappa shape index (κ3) is 14.5. The smallest absolute Gasteiger partial charge is 0.312 e. The molecule has 0 saturated heterocycles. The van der Waals surface area contributed by atoms with E-state index >= 15 is 0 Å². The lowest BCUT2D eigenvalue weighted by Gasteiger charge is -2.22. The molecule has 54 heavy (non-hydrogen) atoms. The zero-order valence-corrected chi connectivity index (χ0v) is 32.1. The van der Waals surface area contributed by atoms with Gasteiger partial charge in [0.25, 0.3) is 0 Å². The summed E-state index contributed by atoms with van der Waals surface area (Å²) in [6.45, 7) is 3.33. The zero-order chi connectivity index (χ0) is 40.3. The van der Waals surface area contributed by atoms with Gasteiger partial charge < -0.3 is 45.7 Å². The minimum atomic E-state index is -1.21. The quantitative estimate of drug-likeness (QED) is 0.0468. The van der Waals surface area contributed by atoms with Crippen LogP contribution >= 0.6 is 0 Å². The molecule has 302 valence electrons. The third-order valence-electron chi connectivity index (χ3n) is 10.1. The van der Waals surface area contributed by atoms with E-state index in [2.05, 4.69) is 11.7 Å². The van der Waals surface area contributed by atoms with Crippen LogP contribution in [0.2, 0.25) is 0 Å². The van der Waals surface area contributed by atoms with Gasteiger partial charge in [0, 0.05) is 42.5 Å². The van der Waals surface area contributed by atoms with Crippen molar-refractivity contribution in [2.45, 2.75) is 121 Å². The number of carboxylic acid groups (broad SMARTS) is 1. The Hall–Kier alpha value is -3.72. The first-order valence-corrected chi connectivity index (χ1v) is 19.0. The maximum absolute atomic E-state index is 12.4. The summed E-state index contributed by atoms with van der Waals surface area (Å²) in [4.78, 5) is 46.8. The Morgan fingerprint density at radius 2 is 1.63 bits per heavy atom. The minimum Gasteiger partial charge on any atom is -0.481 e. The summed E-state index contributed by atoms with van der Waals surface area (Å²) in [5.74, 6) is -1.67. The number of aromatic nitrogens is 1. The fourth-order valence-electron chi connectivity index (χ4n) is 6.60. The molecule has 2 heterocycles. The molecular formula is C41H62N2O11. The Kier molecular flexibility index (Phi) is 20.0. The molecule has 1 aliphatic carbocycles. The molecule has 0 radical (unpaired) electrons. The lowest BCUT2D eigenvalue weighted by atomic mass is 9.87. The molecule has 5 atom stereocenters. The van der Waals surface area contributed by atoms with E-state index in [-0.39, 0.29) is 35.8 Å². The molecule has 1 aromatic heterocycles. The Bertz CT molecular complexity index is 1470. The molecule has 0 bridgehead atoms. The van der Waals surface area contributed by atoms with Crippen molar-refractivity contribution >= 4 is 23.5 Å². The van der Waals surface area contributed by atoms with Crippen molar-refractivity contribution < 1.29 is 54.6 Å². The van der Waals surface area contributed by atoms with E-state index in [1.54, 1.807) is 24.3 Å². The van der Waals surface area contributed by atoms with Crippen LogP contribution in [0.25, 0.3) is 0 Å². The van der Waals surface area contributed by atoms with E-state index in [0.717, 1.165) is 57.1 Å². The summed E-state index contributed by atoms with van der Waals surface area (Å²) in [5, 5.41) is 54.8. The predicted octanol–water partition coefficient (Wildman–Crippen LogP) is 3.91. The predicted molar refractivity (Wildman–Crippen MR) is 204 cm³/mol. The fourth-order valence-corrected chi connectivity index (χ4v) is 6.60. The molecule has 2 unspecified atom stereocenters. The van der Waals surface area contributed by atoms with Crippen LogP contribution in [0.1, 0.15) is 119 Å². The van der Waals surface area contributed by atoms with Gasteiger partial charge in [-0.1, -0.05) is 81.5 Å². The SMILES string of the molecule is CCCCC(C)(O)C/C=C/[C@H]1[C@H](O)CC(=O)[C@@H]1CCCCCCC(=O)OC.NC(CO)(CO)CO.O=C(c1ccccc1)c1ccc2n1CCC2C(=O)O. The van der Waals surface area contributed by atoms with Gasteiger partial charge >= 0.3 is 11.9 Å². The van der Waals surface area contributed by atoms with Crippen LogP contribution in [0, 0.1) is 11.8 Å². The second kappa shape index (κ2) is 23.3. The lowest BCUT2D eigenvalue weighted by Crippen LogP contribution is -2.50. The number of fused-ring (bicyclic) bond motifs is 1. The van der Waals surface area contributed by atoms with Crippen molar-refractivity contribution in [2.75, 3.05) is 26.9 Å².